The Balaban J connectivity index is 0.000000329. The summed E-state index contributed by atoms with van der Waals surface area (Å²) in [5.74, 6) is -0.677. The van der Waals surface area contributed by atoms with Gasteiger partial charge in [-0.2, -0.15) is 13.2 Å². The maximum absolute atomic E-state index is 13.8. The van der Waals surface area contributed by atoms with Gasteiger partial charge < -0.3 is 16.8 Å². The van der Waals surface area contributed by atoms with E-state index in [1.807, 2.05) is 13.8 Å². The normalized spacial score (nSPS) is 10.5. The third kappa shape index (κ3) is 7.96. The zero-order valence-electron chi connectivity index (χ0n) is 19.3. The van der Waals surface area contributed by atoms with E-state index in [1.165, 1.54) is 36.4 Å². The Morgan fingerprint density at radius 2 is 1.49 bits per heavy atom. The molecule has 0 unspecified atom stereocenters. The van der Waals surface area contributed by atoms with Crippen LogP contribution in [0.2, 0.25) is 0 Å². The lowest BCUT2D eigenvalue weighted by Crippen LogP contribution is -2.05. The van der Waals surface area contributed by atoms with E-state index in [9.17, 15) is 22.0 Å². The second kappa shape index (κ2) is 12.2. The average molecular weight is 509 g/mol. The molecule has 0 aliphatic rings. The summed E-state index contributed by atoms with van der Waals surface area (Å²) >= 11 is 1.16. The molecular weight excluding hydrogens is 483 g/mol. The van der Waals surface area contributed by atoms with E-state index in [4.69, 9.17) is 11.5 Å². The first kappa shape index (κ1) is 27.6. The number of aryl methyl sites for hydroxylation is 1. The molecule has 0 saturated carbocycles. The summed E-state index contributed by atoms with van der Waals surface area (Å²) in [6.07, 6.45) is -4.42. The van der Waals surface area contributed by atoms with Crippen molar-refractivity contribution in [1.82, 2.24) is 4.98 Å². The fourth-order valence-corrected chi connectivity index (χ4v) is 3.49. The first-order valence-electron chi connectivity index (χ1n) is 10.5. The molecule has 0 atom stereocenters. The number of nitrogens with one attached hydrogen (secondary N) is 1. The van der Waals surface area contributed by atoms with Crippen molar-refractivity contribution in [2.45, 2.75) is 26.9 Å². The van der Waals surface area contributed by atoms with Crippen LogP contribution in [0.5, 0.6) is 0 Å². The van der Waals surface area contributed by atoms with Gasteiger partial charge in [-0.15, -0.1) is 11.3 Å². The monoisotopic (exact) mass is 508 g/mol. The highest BCUT2D eigenvalue weighted by atomic mass is 32.1. The maximum atomic E-state index is 13.8. The van der Waals surface area contributed by atoms with Gasteiger partial charge in [0.2, 0.25) is 0 Å². The number of hydrogen-bond donors (Lipinski definition) is 3. The second-order valence-corrected chi connectivity index (χ2v) is 7.85. The first-order chi connectivity index (χ1) is 16.5. The Labute approximate surface area is 204 Å². The molecule has 0 bridgehead atoms. The van der Waals surface area contributed by atoms with Crippen molar-refractivity contribution in [3.8, 4) is 11.3 Å². The van der Waals surface area contributed by atoms with Crippen molar-refractivity contribution in [1.29, 1.82) is 0 Å². The van der Waals surface area contributed by atoms with Crippen LogP contribution in [-0.2, 0) is 6.18 Å². The summed E-state index contributed by atoms with van der Waals surface area (Å²) < 4.78 is 64.4. The molecule has 4 rings (SSSR count). The van der Waals surface area contributed by atoms with Gasteiger partial charge in [0.1, 0.15) is 11.6 Å². The van der Waals surface area contributed by atoms with Gasteiger partial charge in [-0.25, -0.2) is 13.8 Å². The Bertz CT molecular complexity index is 1250. The number of rotatable bonds is 3. The number of aromatic nitrogens is 1. The number of benzene rings is 3. The molecule has 0 aliphatic heterocycles. The van der Waals surface area contributed by atoms with Crippen LogP contribution < -0.4 is 16.8 Å². The molecule has 0 radical (unpaired) electrons. The fraction of sp³-hybridized carbons (Fsp3) is 0.160. The van der Waals surface area contributed by atoms with Crippen LogP contribution in [-0.4, -0.2) is 4.98 Å². The summed E-state index contributed by atoms with van der Waals surface area (Å²) in [5, 5.41) is 4.75. The Kier molecular flexibility index (Phi) is 9.59. The van der Waals surface area contributed by atoms with E-state index in [0.29, 0.717) is 27.8 Å². The SMILES string of the molecule is CC.Cc1cc(N)ccc1F.Nc1ccc(F)c(-c2csc(Nc3cccc(C(F)(F)F)c3)n2)c1. The van der Waals surface area contributed by atoms with Crippen LogP contribution in [0.15, 0.2) is 66.0 Å². The van der Waals surface area contributed by atoms with E-state index in [-0.39, 0.29) is 17.1 Å². The highest BCUT2D eigenvalue weighted by molar-refractivity contribution is 7.14. The number of nitrogen functional groups attached to an aromatic ring is 2. The van der Waals surface area contributed by atoms with Gasteiger partial charge in [0.15, 0.2) is 5.13 Å². The third-order valence-electron chi connectivity index (χ3n) is 4.39. The van der Waals surface area contributed by atoms with Crippen molar-refractivity contribution in [2.75, 3.05) is 16.8 Å². The van der Waals surface area contributed by atoms with Crippen LogP contribution in [0.1, 0.15) is 25.0 Å². The molecule has 0 saturated heterocycles. The lowest BCUT2D eigenvalue weighted by Gasteiger charge is -2.09. The molecule has 5 N–H and O–H groups in total. The molecule has 1 heterocycles. The van der Waals surface area contributed by atoms with Crippen LogP contribution in [0, 0.1) is 18.6 Å². The van der Waals surface area contributed by atoms with Gasteiger partial charge in [0.05, 0.1) is 11.3 Å². The third-order valence-corrected chi connectivity index (χ3v) is 5.15. The van der Waals surface area contributed by atoms with Gasteiger partial charge in [0, 0.05) is 28.0 Å². The maximum Gasteiger partial charge on any atom is 0.416 e. The van der Waals surface area contributed by atoms with Gasteiger partial charge in [-0.1, -0.05) is 19.9 Å². The molecule has 0 aliphatic carbocycles. The zero-order chi connectivity index (χ0) is 26.2. The number of anilines is 4. The standard InChI is InChI=1S/C16H11F4N3S.C7H8FN.C2H6/c17-13-5-4-10(21)7-12(13)14-8-24-15(23-14)22-11-3-1-2-9(6-11)16(18,19)20;1-5-4-6(9)2-3-7(5)8;1-2/h1-8H,21H2,(H,22,23);2-4H,9H2,1H3;1-2H3. The van der Waals surface area contributed by atoms with Gasteiger partial charge >= 0.3 is 6.18 Å². The van der Waals surface area contributed by atoms with E-state index in [1.54, 1.807) is 24.4 Å². The van der Waals surface area contributed by atoms with Gasteiger partial charge in [-0.05, 0) is 67.1 Å². The van der Waals surface area contributed by atoms with E-state index in [2.05, 4.69) is 10.3 Å². The minimum Gasteiger partial charge on any atom is -0.399 e. The van der Waals surface area contributed by atoms with Crippen molar-refractivity contribution in [2.24, 2.45) is 0 Å². The minimum absolute atomic E-state index is 0.204. The van der Waals surface area contributed by atoms with Crippen molar-refractivity contribution >= 4 is 33.5 Å². The molecule has 4 nitrogen and oxygen atoms in total. The summed E-state index contributed by atoms with van der Waals surface area (Å²) in [7, 11) is 0. The molecule has 0 amide bonds. The smallest absolute Gasteiger partial charge is 0.399 e. The zero-order valence-corrected chi connectivity index (χ0v) is 20.1. The van der Waals surface area contributed by atoms with Crippen LogP contribution in [0.25, 0.3) is 11.3 Å². The van der Waals surface area contributed by atoms with Gasteiger partial charge in [0.25, 0.3) is 0 Å². The number of alkyl halides is 3. The van der Waals surface area contributed by atoms with Crippen LogP contribution in [0.3, 0.4) is 0 Å². The quantitative estimate of drug-likeness (QED) is 0.193. The summed E-state index contributed by atoms with van der Waals surface area (Å²) in [4.78, 5) is 4.20. The van der Waals surface area contributed by atoms with E-state index < -0.39 is 17.6 Å². The Hall–Kier alpha value is -3.66. The van der Waals surface area contributed by atoms with E-state index >= 15 is 0 Å². The summed E-state index contributed by atoms with van der Waals surface area (Å²) in [6, 6.07) is 13.4. The topological polar surface area (TPSA) is 77.0 Å². The number of nitrogens with two attached hydrogens (primary N) is 2. The number of nitrogens with zero attached hydrogens (tertiary/aromatic N) is 1. The predicted molar refractivity (Wildman–Crippen MR) is 134 cm³/mol. The molecular formula is C25H25F5N4S. The molecule has 0 spiro atoms. The Morgan fingerprint density at radius 3 is 2.09 bits per heavy atom. The van der Waals surface area contributed by atoms with Crippen molar-refractivity contribution in [3.63, 3.8) is 0 Å². The highest BCUT2D eigenvalue weighted by Gasteiger charge is 2.30. The number of thiazole rings is 1. The first-order valence-corrected chi connectivity index (χ1v) is 11.4. The molecule has 35 heavy (non-hydrogen) atoms. The number of halogens is 5. The van der Waals surface area contributed by atoms with E-state index in [0.717, 1.165) is 23.5 Å². The van der Waals surface area contributed by atoms with Crippen LogP contribution >= 0.6 is 11.3 Å². The molecule has 1 aromatic heterocycles. The minimum atomic E-state index is -4.42. The predicted octanol–water partition coefficient (Wildman–Crippen LogP) is 8.04. The highest BCUT2D eigenvalue weighted by Crippen LogP contribution is 2.33. The van der Waals surface area contributed by atoms with Crippen molar-refractivity contribution < 1.29 is 22.0 Å². The number of hydrogen-bond acceptors (Lipinski definition) is 5. The summed E-state index contributed by atoms with van der Waals surface area (Å²) in [6.45, 7) is 5.69. The molecule has 0 fully saturated rings. The van der Waals surface area contributed by atoms with Gasteiger partial charge in [-0.3, -0.25) is 0 Å². The molecule has 10 heteroatoms. The molecule has 3 aromatic carbocycles. The Morgan fingerprint density at radius 1 is 0.857 bits per heavy atom. The average Bonchev–Trinajstić information content (AvgIpc) is 3.28. The largest absolute Gasteiger partial charge is 0.416 e. The lowest BCUT2D eigenvalue weighted by atomic mass is 10.1. The van der Waals surface area contributed by atoms with Crippen LogP contribution in [0.4, 0.5) is 44.1 Å². The lowest BCUT2D eigenvalue weighted by molar-refractivity contribution is -0.137. The molecule has 186 valence electrons. The summed E-state index contributed by atoms with van der Waals surface area (Å²) in [5.41, 5.74) is 12.7. The second-order valence-electron chi connectivity index (χ2n) is 6.99. The van der Waals surface area contributed by atoms with Crippen molar-refractivity contribution in [3.05, 3.63) is 88.8 Å². The molecule has 4 aromatic rings. The fourth-order valence-electron chi connectivity index (χ4n) is 2.76.